The highest BCUT2D eigenvalue weighted by atomic mass is 16.3. The first-order valence-electron chi connectivity index (χ1n) is 5.25. The summed E-state index contributed by atoms with van der Waals surface area (Å²) in [7, 11) is 0. The van der Waals surface area contributed by atoms with E-state index in [1.165, 1.54) is 19.3 Å². The molecule has 2 rings (SSSR count). The van der Waals surface area contributed by atoms with E-state index in [1.54, 1.807) is 0 Å². The predicted octanol–water partition coefficient (Wildman–Crippen LogP) is 1.44. The molecule has 14 heavy (non-hydrogen) atoms. The summed E-state index contributed by atoms with van der Waals surface area (Å²) in [6.07, 6.45) is 3.94. The normalized spacial score (nSPS) is 19.4. The van der Waals surface area contributed by atoms with Gasteiger partial charge in [-0.05, 0) is 32.6 Å². The number of aromatic nitrogens is 3. The van der Waals surface area contributed by atoms with Crippen molar-refractivity contribution >= 4 is 0 Å². The minimum absolute atomic E-state index is 0.0107. The van der Waals surface area contributed by atoms with Crippen LogP contribution < -0.4 is 0 Å². The molecular weight excluding hydrogens is 178 g/mol. The Balaban J connectivity index is 2.18. The maximum atomic E-state index is 9.01. The molecule has 0 amide bonds. The van der Waals surface area contributed by atoms with Crippen LogP contribution in [0.1, 0.15) is 43.6 Å². The molecule has 1 fully saturated rings. The van der Waals surface area contributed by atoms with Crippen LogP contribution in [0.3, 0.4) is 0 Å². The van der Waals surface area contributed by atoms with E-state index in [-0.39, 0.29) is 6.61 Å². The van der Waals surface area contributed by atoms with Gasteiger partial charge in [0.15, 0.2) is 0 Å². The van der Waals surface area contributed by atoms with Gasteiger partial charge in [-0.2, -0.15) is 0 Å². The van der Waals surface area contributed by atoms with Gasteiger partial charge in [0, 0.05) is 0 Å². The Labute approximate surface area is 83.9 Å². The van der Waals surface area contributed by atoms with Gasteiger partial charge in [-0.15, -0.1) is 5.10 Å². The molecule has 1 aromatic rings. The van der Waals surface area contributed by atoms with Crippen LogP contribution in [0.5, 0.6) is 0 Å². The molecule has 0 radical (unpaired) electrons. The standard InChI is InChI=1S/C10H17N3O/c1-7(9-4-3-5-9)13-8(2)10(6-14)11-12-13/h7,9,14H,3-6H2,1-2H3. The van der Waals surface area contributed by atoms with Gasteiger partial charge in [0.2, 0.25) is 0 Å². The molecule has 1 heterocycles. The second-order valence-electron chi connectivity index (χ2n) is 4.16. The molecule has 1 aliphatic carbocycles. The van der Waals surface area contributed by atoms with Gasteiger partial charge in [0.05, 0.1) is 18.3 Å². The molecule has 0 aromatic carbocycles. The van der Waals surface area contributed by atoms with Gasteiger partial charge >= 0.3 is 0 Å². The van der Waals surface area contributed by atoms with Crippen LogP contribution in [0.15, 0.2) is 0 Å². The smallest absolute Gasteiger partial charge is 0.111 e. The van der Waals surface area contributed by atoms with E-state index in [4.69, 9.17) is 5.11 Å². The summed E-state index contributed by atoms with van der Waals surface area (Å²) in [4.78, 5) is 0. The molecule has 4 heteroatoms. The SMILES string of the molecule is Cc1c(CO)nnn1C(C)C1CCC1. The van der Waals surface area contributed by atoms with Crippen molar-refractivity contribution in [3.8, 4) is 0 Å². The summed E-state index contributed by atoms with van der Waals surface area (Å²) >= 11 is 0. The lowest BCUT2D eigenvalue weighted by molar-refractivity contribution is 0.206. The van der Waals surface area contributed by atoms with Crippen LogP contribution in [0.4, 0.5) is 0 Å². The lowest BCUT2D eigenvalue weighted by Crippen LogP contribution is -2.24. The van der Waals surface area contributed by atoms with Crippen LogP contribution in [0, 0.1) is 12.8 Å². The van der Waals surface area contributed by atoms with Crippen LogP contribution in [0.2, 0.25) is 0 Å². The fraction of sp³-hybridized carbons (Fsp3) is 0.800. The van der Waals surface area contributed by atoms with Crippen LogP contribution in [-0.2, 0) is 6.61 Å². The van der Waals surface area contributed by atoms with Gasteiger partial charge < -0.3 is 5.11 Å². The third-order valence-corrected chi connectivity index (χ3v) is 3.39. The number of aliphatic hydroxyl groups is 1. The number of hydrogen-bond acceptors (Lipinski definition) is 3. The summed E-state index contributed by atoms with van der Waals surface area (Å²) in [6, 6.07) is 0.427. The lowest BCUT2D eigenvalue weighted by Gasteiger charge is -2.31. The number of hydrogen-bond donors (Lipinski definition) is 1. The summed E-state index contributed by atoms with van der Waals surface area (Å²) in [5.74, 6) is 0.752. The molecule has 0 bridgehead atoms. The van der Waals surface area contributed by atoms with Crippen molar-refractivity contribution in [2.24, 2.45) is 5.92 Å². The maximum absolute atomic E-state index is 9.01. The molecule has 4 nitrogen and oxygen atoms in total. The third-order valence-electron chi connectivity index (χ3n) is 3.39. The van der Waals surface area contributed by atoms with Crippen LogP contribution in [-0.4, -0.2) is 20.1 Å². The summed E-state index contributed by atoms with van der Waals surface area (Å²) in [6.45, 7) is 4.15. The third kappa shape index (κ3) is 1.43. The number of aliphatic hydroxyl groups excluding tert-OH is 1. The molecule has 1 N–H and O–H groups in total. The Bertz CT molecular complexity index is 317. The van der Waals surface area contributed by atoms with E-state index in [1.807, 2.05) is 11.6 Å². The maximum Gasteiger partial charge on any atom is 0.111 e. The Morgan fingerprint density at radius 1 is 1.57 bits per heavy atom. The van der Waals surface area contributed by atoms with Crippen LogP contribution >= 0.6 is 0 Å². The number of rotatable bonds is 3. The first kappa shape index (κ1) is 9.65. The Hall–Kier alpha value is -0.900. The topological polar surface area (TPSA) is 50.9 Å². The van der Waals surface area contributed by atoms with E-state index < -0.39 is 0 Å². The largest absolute Gasteiger partial charge is 0.390 e. The average molecular weight is 195 g/mol. The first-order chi connectivity index (χ1) is 6.74. The summed E-state index contributed by atoms with van der Waals surface area (Å²) < 4.78 is 1.95. The van der Waals surface area contributed by atoms with E-state index >= 15 is 0 Å². The quantitative estimate of drug-likeness (QED) is 0.794. The van der Waals surface area contributed by atoms with E-state index in [2.05, 4.69) is 17.2 Å². The van der Waals surface area contributed by atoms with Crippen molar-refractivity contribution < 1.29 is 5.11 Å². The molecule has 78 valence electrons. The zero-order valence-electron chi connectivity index (χ0n) is 8.77. The summed E-state index contributed by atoms with van der Waals surface area (Å²) in [5, 5.41) is 17.1. The zero-order valence-corrected chi connectivity index (χ0v) is 8.77. The molecule has 1 aromatic heterocycles. The Morgan fingerprint density at radius 2 is 2.29 bits per heavy atom. The van der Waals surface area contributed by atoms with Gasteiger partial charge in [-0.25, -0.2) is 4.68 Å². The highest BCUT2D eigenvalue weighted by Gasteiger charge is 2.27. The zero-order chi connectivity index (χ0) is 10.1. The minimum atomic E-state index is -0.0107. The molecule has 1 unspecified atom stereocenters. The van der Waals surface area contributed by atoms with Crippen LogP contribution in [0.25, 0.3) is 0 Å². The molecule has 1 aliphatic rings. The molecule has 0 saturated heterocycles. The van der Waals surface area contributed by atoms with Crippen molar-refractivity contribution in [3.63, 3.8) is 0 Å². The average Bonchev–Trinajstić information content (AvgIpc) is 2.43. The predicted molar refractivity (Wildman–Crippen MR) is 52.7 cm³/mol. The minimum Gasteiger partial charge on any atom is -0.390 e. The van der Waals surface area contributed by atoms with Gasteiger partial charge in [-0.3, -0.25) is 0 Å². The van der Waals surface area contributed by atoms with E-state index in [9.17, 15) is 0 Å². The number of nitrogens with zero attached hydrogens (tertiary/aromatic N) is 3. The van der Waals surface area contributed by atoms with Crippen molar-refractivity contribution in [1.82, 2.24) is 15.0 Å². The van der Waals surface area contributed by atoms with Crippen molar-refractivity contribution in [2.45, 2.75) is 45.8 Å². The molecule has 0 aliphatic heterocycles. The van der Waals surface area contributed by atoms with Gasteiger partial charge in [0.25, 0.3) is 0 Å². The second-order valence-corrected chi connectivity index (χ2v) is 4.16. The van der Waals surface area contributed by atoms with Crippen molar-refractivity contribution in [3.05, 3.63) is 11.4 Å². The molecule has 0 spiro atoms. The fourth-order valence-electron chi connectivity index (χ4n) is 2.03. The highest BCUT2D eigenvalue weighted by molar-refractivity contribution is 5.07. The van der Waals surface area contributed by atoms with Gasteiger partial charge in [-0.1, -0.05) is 11.6 Å². The van der Waals surface area contributed by atoms with Gasteiger partial charge in [0.1, 0.15) is 5.69 Å². The van der Waals surface area contributed by atoms with Crippen molar-refractivity contribution in [2.75, 3.05) is 0 Å². The first-order valence-corrected chi connectivity index (χ1v) is 5.25. The Morgan fingerprint density at radius 3 is 2.71 bits per heavy atom. The molecule has 1 saturated carbocycles. The highest BCUT2D eigenvalue weighted by Crippen LogP contribution is 2.36. The molecule has 1 atom stereocenters. The van der Waals surface area contributed by atoms with E-state index in [0.29, 0.717) is 11.7 Å². The summed E-state index contributed by atoms with van der Waals surface area (Å²) in [5.41, 5.74) is 1.71. The lowest BCUT2D eigenvalue weighted by atomic mass is 9.80. The monoisotopic (exact) mass is 195 g/mol. The molecular formula is C10H17N3O. The Kier molecular flexibility index (Phi) is 2.54. The van der Waals surface area contributed by atoms with E-state index in [0.717, 1.165) is 11.6 Å². The van der Waals surface area contributed by atoms with Crippen molar-refractivity contribution in [1.29, 1.82) is 0 Å². The fourth-order valence-corrected chi connectivity index (χ4v) is 2.03. The second kappa shape index (κ2) is 3.69.